The van der Waals surface area contributed by atoms with Gasteiger partial charge in [0.15, 0.2) is 0 Å². The zero-order valence-corrected chi connectivity index (χ0v) is 11.7. The van der Waals surface area contributed by atoms with Gasteiger partial charge in [-0.15, -0.1) is 0 Å². The average molecular weight is 247 g/mol. The van der Waals surface area contributed by atoms with Crippen molar-refractivity contribution >= 4 is 0 Å². The molecule has 1 atom stereocenters. The first-order valence-corrected chi connectivity index (χ1v) is 7.16. The molecule has 0 spiro atoms. The lowest BCUT2D eigenvalue weighted by molar-refractivity contribution is 0.170. The number of ether oxygens (including phenoxy) is 1. The molecule has 0 aromatic heterocycles. The lowest BCUT2D eigenvalue weighted by Crippen LogP contribution is -2.35. The molecule has 1 aliphatic heterocycles. The first-order chi connectivity index (χ1) is 8.74. The molecule has 1 aromatic rings. The Morgan fingerprint density at radius 3 is 2.78 bits per heavy atom. The summed E-state index contributed by atoms with van der Waals surface area (Å²) in [5.74, 6) is 1.87. The number of nitrogens with zero attached hydrogens (tertiary/aromatic N) is 1. The lowest BCUT2D eigenvalue weighted by atomic mass is 10.0. The third kappa shape index (κ3) is 4.34. The Morgan fingerprint density at radius 1 is 1.28 bits per heavy atom. The van der Waals surface area contributed by atoms with Gasteiger partial charge in [-0.2, -0.15) is 0 Å². The Bertz CT molecular complexity index is 347. The first kappa shape index (κ1) is 13.4. The van der Waals surface area contributed by atoms with E-state index in [0.29, 0.717) is 0 Å². The third-order valence-corrected chi connectivity index (χ3v) is 3.65. The monoisotopic (exact) mass is 247 g/mol. The molecule has 1 heterocycles. The molecule has 0 radical (unpaired) electrons. The number of rotatable bonds is 5. The van der Waals surface area contributed by atoms with Crippen molar-refractivity contribution in [1.29, 1.82) is 0 Å². The Balaban J connectivity index is 1.62. The second-order valence-electron chi connectivity index (χ2n) is 5.56. The highest BCUT2D eigenvalue weighted by molar-refractivity contribution is 5.26. The number of aryl methyl sites for hydroxylation is 1. The zero-order chi connectivity index (χ0) is 12.8. The molecule has 0 bridgehead atoms. The van der Waals surface area contributed by atoms with Crippen molar-refractivity contribution in [2.24, 2.45) is 5.92 Å². The van der Waals surface area contributed by atoms with E-state index < -0.39 is 0 Å². The maximum absolute atomic E-state index is 5.75. The van der Waals surface area contributed by atoms with Crippen molar-refractivity contribution in [3.8, 4) is 5.75 Å². The highest BCUT2D eigenvalue weighted by Crippen LogP contribution is 2.16. The molecule has 1 saturated heterocycles. The van der Waals surface area contributed by atoms with Crippen molar-refractivity contribution < 1.29 is 4.74 Å². The average Bonchev–Trinajstić information content (AvgIpc) is 2.37. The molecule has 2 rings (SSSR count). The maximum Gasteiger partial charge on any atom is 0.119 e. The maximum atomic E-state index is 5.75. The number of benzene rings is 1. The fourth-order valence-corrected chi connectivity index (χ4v) is 2.60. The Kier molecular flexibility index (Phi) is 5.06. The summed E-state index contributed by atoms with van der Waals surface area (Å²) in [5, 5.41) is 0. The van der Waals surface area contributed by atoms with Crippen LogP contribution in [-0.2, 0) is 0 Å². The topological polar surface area (TPSA) is 12.5 Å². The van der Waals surface area contributed by atoms with Crippen molar-refractivity contribution in [1.82, 2.24) is 4.90 Å². The second-order valence-corrected chi connectivity index (χ2v) is 5.56. The predicted molar refractivity (Wildman–Crippen MR) is 76.1 cm³/mol. The molecule has 1 fully saturated rings. The summed E-state index contributed by atoms with van der Waals surface area (Å²) < 4.78 is 5.75. The molecule has 2 nitrogen and oxygen atoms in total. The fraction of sp³-hybridized carbons (Fsp3) is 0.625. The van der Waals surface area contributed by atoms with Crippen LogP contribution in [-0.4, -0.2) is 31.1 Å². The number of likely N-dealkylation sites (tertiary alicyclic amines) is 1. The van der Waals surface area contributed by atoms with Gasteiger partial charge in [0.25, 0.3) is 0 Å². The van der Waals surface area contributed by atoms with Gasteiger partial charge in [-0.05, 0) is 50.8 Å². The van der Waals surface area contributed by atoms with Gasteiger partial charge in [-0.25, -0.2) is 0 Å². The molecule has 0 N–H and O–H groups in total. The second kappa shape index (κ2) is 6.79. The molecule has 100 valence electrons. The van der Waals surface area contributed by atoms with Crippen LogP contribution in [0.15, 0.2) is 24.3 Å². The van der Waals surface area contributed by atoms with E-state index in [4.69, 9.17) is 4.74 Å². The van der Waals surface area contributed by atoms with E-state index in [9.17, 15) is 0 Å². The summed E-state index contributed by atoms with van der Waals surface area (Å²) in [4.78, 5) is 2.58. The first-order valence-electron chi connectivity index (χ1n) is 7.16. The van der Waals surface area contributed by atoms with E-state index in [1.54, 1.807) is 0 Å². The molecule has 0 unspecified atom stereocenters. The van der Waals surface area contributed by atoms with Crippen molar-refractivity contribution in [2.45, 2.75) is 33.1 Å². The largest absolute Gasteiger partial charge is 0.494 e. The van der Waals surface area contributed by atoms with Crippen molar-refractivity contribution in [2.75, 3.05) is 26.2 Å². The minimum absolute atomic E-state index is 0.827. The van der Waals surface area contributed by atoms with Gasteiger partial charge in [0.05, 0.1) is 6.61 Å². The van der Waals surface area contributed by atoms with Crippen molar-refractivity contribution in [3.05, 3.63) is 29.8 Å². The highest BCUT2D eigenvalue weighted by atomic mass is 16.5. The molecular weight excluding hydrogens is 222 g/mol. The van der Waals surface area contributed by atoms with Crippen LogP contribution in [0.25, 0.3) is 0 Å². The van der Waals surface area contributed by atoms with E-state index >= 15 is 0 Å². The summed E-state index contributed by atoms with van der Waals surface area (Å²) >= 11 is 0. The minimum atomic E-state index is 0.827. The molecule has 1 aromatic carbocycles. The molecule has 0 amide bonds. The SMILES string of the molecule is Cc1ccc(OCCCN2CCC[C@@H](C)C2)cc1. The van der Waals surface area contributed by atoms with E-state index in [1.807, 2.05) is 0 Å². The Labute approximate surface area is 111 Å². The lowest BCUT2D eigenvalue weighted by Gasteiger charge is -2.30. The summed E-state index contributed by atoms with van der Waals surface area (Å²) in [6.45, 7) is 9.00. The van der Waals surface area contributed by atoms with Crippen LogP contribution >= 0.6 is 0 Å². The molecule has 0 aliphatic carbocycles. The van der Waals surface area contributed by atoms with Gasteiger partial charge in [0.1, 0.15) is 5.75 Å². The standard InChI is InChI=1S/C16H25NO/c1-14-6-8-16(9-7-14)18-12-4-11-17-10-3-5-15(2)13-17/h6-9,15H,3-5,10-13H2,1-2H3/t15-/m1/s1. The quantitative estimate of drug-likeness (QED) is 0.738. The van der Waals surface area contributed by atoms with Gasteiger partial charge >= 0.3 is 0 Å². The number of piperidine rings is 1. The smallest absolute Gasteiger partial charge is 0.119 e. The Hall–Kier alpha value is -1.02. The molecule has 18 heavy (non-hydrogen) atoms. The van der Waals surface area contributed by atoms with Crippen LogP contribution in [0, 0.1) is 12.8 Å². The van der Waals surface area contributed by atoms with Crippen LogP contribution in [0.1, 0.15) is 31.7 Å². The minimum Gasteiger partial charge on any atom is -0.494 e. The van der Waals surface area contributed by atoms with E-state index in [0.717, 1.165) is 24.7 Å². The summed E-state index contributed by atoms with van der Waals surface area (Å²) in [6, 6.07) is 8.31. The van der Waals surface area contributed by atoms with Crippen LogP contribution in [0.3, 0.4) is 0 Å². The molecule has 2 heteroatoms. The predicted octanol–water partition coefficient (Wildman–Crippen LogP) is 3.50. The van der Waals surface area contributed by atoms with Gasteiger partial charge in [0, 0.05) is 13.1 Å². The number of hydrogen-bond donors (Lipinski definition) is 0. The van der Waals surface area contributed by atoms with E-state index in [-0.39, 0.29) is 0 Å². The van der Waals surface area contributed by atoms with Crippen LogP contribution in [0.5, 0.6) is 5.75 Å². The van der Waals surface area contributed by atoms with Gasteiger partial charge in [-0.1, -0.05) is 24.6 Å². The Morgan fingerprint density at radius 2 is 2.06 bits per heavy atom. The van der Waals surface area contributed by atoms with Crippen LogP contribution < -0.4 is 4.74 Å². The summed E-state index contributed by atoms with van der Waals surface area (Å²) in [7, 11) is 0. The zero-order valence-electron chi connectivity index (χ0n) is 11.7. The molecule has 0 saturated carbocycles. The molecular formula is C16H25NO. The van der Waals surface area contributed by atoms with Gasteiger partial charge in [0.2, 0.25) is 0 Å². The number of hydrogen-bond acceptors (Lipinski definition) is 2. The van der Waals surface area contributed by atoms with Crippen LogP contribution in [0.2, 0.25) is 0 Å². The normalized spacial score (nSPS) is 20.9. The van der Waals surface area contributed by atoms with E-state index in [2.05, 4.69) is 43.0 Å². The third-order valence-electron chi connectivity index (χ3n) is 3.65. The van der Waals surface area contributed by atoms with Gasteiger partial charge < -0.3 is 9.64 Å². The summed E-state index contributed by atoms with van der Waals surface area (Å²) in [5.41, 5.74) is 1.28. The highest BCUT2D eigenvalue weighted by Gasteiger charge is 2.15. The van der Waals surface area contributed by atoms with E-state index in [1.165, 1.54) is 38.0 Å². The van der Waals surface area contributed by atoms with Gasteiger partial charge in [-0.3, -0.25) is 0 Å². The molecule has 1 aliphatic rings. The van der Waals surface area contributed by atoms with Crippen LogP contribution in [0.4, 0.5) is 0 Å². The fourth-order valence-electron chi connectivity index (χ4n) is 2.60. The van der Waals surface area contributed by atoms with Crippen molar-refractivity contribution in [3.63, 3.8) is 0 Å². The summed E-state index contributed by atoms with van der Waals surface area (Å²) in [6.07, 6.45) is 3.89.